The van der Waals surface area contributed by atoms with Crippen LogP contribution in [0.3, 0.4) is 0 Å². The molecule has 90 valence electrons. The predicted octanol–water partition coefficient (Wildman–Crippen LogP) is 2.48. The Morgan fingerprint density at radius 3 is 2.31 bits per heavy atom. The first-order valence-electron chi connectivity index (χ1n) is 3.91. The number of aromatic hydroxyl groups is 1. The lowest BCUT2D eigenvalue weighted by atomic mass is 10.1. The number of phenols is 1. The summed E-state index contributed by atoms with van der Waals surface area (Å²) in [6, 6.07) is 2.62. The maximum absolute atomic E-state index is 12.5. The molecule has 16 heavy (non-hydrogen) atoms. The maximum atomic E-state index is 12.5. The lowest BCUT2D eigenvalue weighted by Gasteiger charge is -2.12. The summed E-state index contributed by atoms with van der Waals surface area (Å²) in [6.45, 7) is 0. The van der Waals surface area contributed by atoms with Crippen LogP contribution in [0.1, 0.15) is 11.1 Å². The molecule has 1 rings (SSSR count). The molecule has 0 aliphatic carbocycles. The summed E-state index contributed by atoms with van der Waals surface area (Å²) in [5.74, 6) is -1.82. The molecule has 0 atom stereocenters. The van der Waals surface area contributed by atoms with Crippen LogP contribution in [0.4, 0.5) is 13.2 Å². The second-order valence-corrected chi connectivity index (χ2v) is 5.76. The van der Waals surface area contributed by atoms with Crippen molar-refractivity contribution < 1.29 is 26.7 Å². The highest BCUT2D eigenvalue weighted by molar-refractivity contribution is 8.13. The molecular formula is C8H6ClF3O3S. The Labute approximate surface area is 93.9 Å². The fourth-order valence-electron chi connectivity index (χ4n) is 1.16. The van der Waals surface area contributed by atoms with Gasteiger partial charge in [-0.25, -0.2) is 8.42 Å². The van der Waals surface area contributed by atoms with Gasteiger partial charge in [-0.1, -0.05) is 6.07 Å². The van der Waals surface area contributed by atoms with Crippen LogP contribution in [0.5, 0.6) is 5.75 Å². The van der Waals surface area contributed by atoms with Crippen molar-refractivity contribution in [2.24, 2.45) is 0 Å². The van der Waals surface area contributed by atoms with Crippen LogP contribution in [-0.4, -0.2) is 13.5 Å². The lowest BCUT2D eigenvalue weighted by Crippen LogP contribution is -2.11. The fraction of sp³-hybridized carbons (Fsp3) is 0.250. The van der Waals surface area contributed by atoms with E-state index in [1.165, 1.54) is 0 Å². The van der Waals surface area contributed by atoms with E-state index in [1.54, 1.807) is 0 Å². The second kappa shape index (κ2) is 4.14. The molecule has 0 radical (unpaired) electrons. The largest absolute Gasteiger partial charge is 0.508 e. The van der Waals surface area contributed by atoms with Crippen LogP contribution in [0.2, 0.25) is 0 Å². The molecule has 0 saturated heterocycles. The van der Waals surface area contributed by atoms with Crippen molar-refractivity contribution in [2.45, 2.75) is 11.9 Å². The molecule has 1 N–H and O–H groups in total. The van der Waals surface area contributed by atoms with Crippen molar-refractivity contribution in [1.29, 1.82) is 0 Å². The van der Waals surface area contributed by atoms with Gasteiger partial charge in [-0.15, -0.1) is 0 Å². The van der Waals surface area contributed by atoms with E-state index in [-0.39, 0.29) is 0 Å². The Hall–Kier alpha value is -0.950. The molecule has 8 heteroatoms. The second-order valence-electron chi connectivity index (χ2n) is 2.98. The van der Waals surface area contributed by atoms with Crippen molar-refractivity contribution >= 4 is 19.7 Å². The van der Waals surface area contributed by atoms with Gasteiger partial charge in [0, 0.05) is 16.2 Å². The smallest absolute Gasteiger partial charge is 0.416 e. The first-order valence-corrected chi connectivity index (χ1v) is 6.39. The van der Waals surface area contributed by atoms with Gasteiger partial charge >= 0.3 is 6.18 Å². The van der Waals surface area contributed by atoms with E-state index in [4.69, 9.17) is 10.7 Å². The van der Waals surface area contributed by atoms with Gasteiger partial charge < -0.3 is 5.11 Å². The number of alkyl halides is 3. The summed E-state index contributed by atoms with van der Waals surface area (Å²) in [4.78, 5) is 0. The summed E-state index contributed by atoms with van der Waals surface area (Å²) in [7, 11) is 0.685. The molecule has 0 aliphatic heterocycles. The molecule has 0 saturated carbocycles. The summed E-state index contributed by atoms with van der Waals surface area (Å²) in [5, 5.41) is 9.19. The third-order valence-electron chi connectivity index (χ3n) is 1.77. The van der Waals surface area contributed by atoms with E-state index in [0.29, 0.717) is 6.07 Å². The summed E-state index contributed by atoms with van der Waals surface area (Å²) < 4.78 is 58.8. The quantitative estimate of drug-likeness (QED) is 0.843. The fourth-order valence-corrected chi connectivity index (χ4v) is 2.14. The van der Waals surface area contributed by atoms with E-state index in [9.17, 15) is 26.7 Å². The van der Waals surface area contributed by atoms with Crippen molar-refractivity contribution in [2.75, 3.05) is 0 Å². The number of halogens is 4. The van der Waals surface area contributed by atoms with Gasteiger partial charge in [-0.3, -0.25) is 0 Å². The number of benzene rings is 1. The van der Waals surface area contributed by atoms with Crippen LogP contribution >= 0.6 is 10.7 Å². The SMILES string of the molecule is O=S(=O)(Cl)Cc1c(O)cccc1C(F)(F)F. The maximum Gasteiger partial charge on any atom is 0.416 e. The number of phenolic OH excluding ortho intramolecular Hbond substituents is 1. The summed E-state index contributed by atoms with van der Waals surface area (Å²) in [5.41, 5.74) is -1.96. The van der Waals surface area contributed by atoms with Crippen LogP contribution in [0.25, 0.3) is 0 Å². The molecule has 1 aromatic rings. The molecule has 0 fully saturated rings. The molecule has 0 heterocycles. The zero-order valence-corrected chi connectivity index (χ0v) is 9.20. The molecule has 1 aromatic carbocycles. The average molecular weight is 275 g/mol. The van der Waals surface area contributed by atoms with Gasteiger partial charge in [0.2, 0.25) is 9.05 Å². The van der Waals surface area contributed by atoms with E-state index in [1.807, 2.05) is 0 Å². The zero-order valence-electron chi connectivity index (χ0n) is 7.62. The van der Waals surface area contributed by atoms with Crippen molar-refractivity contribution in [3.63, 3.8) is 0 Å². The first kappa shape index (κ1) is 13.1. The Balaban J connectivity index is 3.36. The number of hydrogen-bond acceptors (Lipinski definition) is 3. The summed E-state index contributed by atoms with van der Waals surface area (Å²) in [6.07, 6.45) is -4.74. The Bertz CT molecular complexity index is 496. The van der Waals surface area contributed by atoms with Crippen molar-refractivity contribution in [1.82, 2.24) is 0 Å². The Kier molecular flexibility index (Phi) is 3.39. The Morgan fingerprint density at radius 1 is 1.31 bits per heavy atom. The molecule has 0 spiro atoms. The third-order valence-corrected chi connectivity index (χ3v) is 2.73. The minimum absolute atomic E-state index is 0.678. The van der Waals surface area contributed by atoms with Gasteiger partial charge in [-0.2, -0.15) is 13.2 Å². The average Bonchev–Trinajstić information content (AvgIpc) is 2.04. The van der Waals surface area contributed by atoms with Crippen molar-refractivity contribution in [3.05, 3.63) is 29.3 Å². The Morgan fingerprint density at radius 2 is 1.88 bits per heavy atom. The standard InChI is InChI=1S/C8H6ClF3O3S/c9-16(14,15)4-5-6(8(10,11)12)2-1-3-7(5)13/h1-3,13H,4H2. The normalized spacial score (nSPS) is 12.8. The topological polar surface area (TPSA) is 54.4 Å². The van der Waals surface area contributed by atoms with Gasteiger partial charge in [0.1, 0.15) is 5.75 Å². The highest BCUT2D eigenvalue weighted by Crippen LogP contribution is 2.36. The minimum atomic E-state index is -4.74. The minimum Gasteiger partial charge on any atom is -0.508 e. The zero-order chi connectivity index (χ0) is 12.6. The van der Waals surface area contributed by atoms with Crippen LogP contribution in [-0.2, 0) is 21.0 Å². The highest BCUT2D eigenvalue weighted by Gasteiger charge is 2.35. The molecule has 3 nitrogen and oxygen atoms in total. The van der Waals surface area contributed by atoms with E-state index >= 15 is 0 Å². The molecule has 0 aliphatic rings. The summed E-state index contributed by atoms with van der Waals surface area (Å²) >= 11 is 0. The molecular weight excluding hydrogens is 269 g/mol. The van der Waals surface area contributed by atoms with Gasteiger partial charge in [0.15, 0.2) is 0 Å². The van der Waals surface area contributed by atoms with Crippen LogP contribution < -0.4 is 0 Å². The van der Waals surface area contributed by atoms with E-state index in [2.05, 4.69) is 0 Å². The van der Waals surface area contributed by atoms with Crippen molar-refractivity contribution in [3.8, 4) is 5.75 Å². The van der Waals surface area contributed by atoms with Crippen LogP contribution in [0, 0.1) is 0 Å². The lowest BCUT2D eigenvalue weighted by molar-refractivity contribution is -0.138. The predicted molar refractivity (Wildman–Crippen MR) is 51.6 cm³/mol. The monoisotopic (exact) mass is 274 g/mol. The first-order chi connectivity index (χ1) is 7.11. The molecule has 0 bridgehead atoms. The molecule has 0 unspecified atom stereocenters. The van der Waals surface area contributed by atoms with E-state index < -0.39 is 37.9 Å². The van der Waals surface area contributed by atoms with E-state index in [0.717, 1.165) is 12.1 Å². The van der Waals surface area contributed by atoms with Gasteiger partial charge in [0.25, 0.3) is 0 Å². The highest BCUT2D eigenvalue weighted by atomic mass is 35.7. The third kappa shape index (κ3) is 3.28. The number of rotatable bonds is 2. The molecule has 0 aromatic heterocycles. The van der Waals surface area contributed by atoms with Crippen LogP contribution in [0.15, 0.2) is 18.2 Å². The molecule has 0 amide bonds. The van der Waals surface area contributed by atoms with Gasteiger partial charge in [-0.05, 0) is 12.1 Å². The number of hydrogen-bond donors (Lipinski definition) is 1. The van der Waals surface area contributed by atoms with Gasteiger partial charge in [0.05, 0.1) is 11.3 Å².